The topological polar surface area (TPSA) is 118 Å². The van der Waals surface area contributed by atoms with Crippen LogP contribution >= 0.6 is 27.5 Å². The van der Waals surface area contributed by atoms with E-state index in [4.69, 9.17) is 11.6 Å². The van der Waals surface area contributed by atoms with Gasteiger partial charge in [-0.2, -0.15) is 5.10 Å². The van der Waals surface area contributed by atoms with Gasteiger partial charge in [-0.1, -0.05) is 30.7 Å². The van der Waals surface area contributed by atoms with Crippen molar-refractivity contribution in [3.05, 3.63) is 75.1 Å². The van der Waals surface area contributed by atoms with Gasteiger partial charge < -0.3 is 5.32 Å². The maximum Gasteiger partial charge on any atom is 0.270 e. The van der Waals surface area contributed by atoms with Crippen LogP contribution in [-0.2, 0) is 11.2 Å². The molecule has 0 aliphatic heterocycles. The maximum atomic E-state index is 13.0. The van der Waals surface area contributed by atoms with E-state index in [9.17, 15) is 14.4 Å². The van der Waals surface area contributed by atoms with Crippen LogP contribution in [0.15, 0.2) is 53.3 Å². The third-order valence-electron chi connectivity index (χ3n) is 5.30. The molecule has 1 aliphatic carbocycles. The molecule has 11 heteroatoms. The number of aromatic nitrogens is 3. The summed E-state index contributed by atoms with van der Waals surface area (Å²) in [5.41, 5.74) is 5.37. The minimum Gasteiger partial charge on any atom is -0.336 e. The molecule has 9 nitrogen and oxygen atoms in total. The second-order valence-electron chi connectivity index (χ2n) is 7.57. The molecule has 1 saturated carbocycles. The lowest BCUT2D eigenvalue weighted by atomic mass is 10.1. The lowest BCUT2D eigenvalue weighted by molar-refractivity contribution is -0.124. The fourth-order valence-electron chi connectivity index (χ4n) is 3.22. The molecule has 3 aromatic rings. The highest BCUT2D eigenvalue weighted by Crippen LogP contribution is 2.36. The number of carbonyl (C=O) groups excluding carboxylic acids is 3. The molecule has 3 N–H and O–H groups in total. The van der Waals surface area contributed by atoms with Gasteiger partial charge in [-0.25, -0.2) is 9.67 Å². The fraction of sp³-hybridized carbons (Fsp3) is 0.227. The Labute approximate surface area is 203 Å². The first-order valence-corrected chi connectivity index (χ1v) is 11.4. The van der Waals surface area contributed by atoms with Gasteiger partial charge in [-0.3, -0.25) is 25.2 Å². The molecule has 0 bridgehead atoms. The fourth-order valence-corrected chi connectivity index (χ4v) is 3.80. The van der Waals surface area contributed by atoms with Crippen molar-refractivity contribution in [1.29, 1.82) is 0 Å². The molecule has 1 aromatic carbocycles. The number of carbonyl (C=O) groups is 3. The summed E-state index contributed by atoms with van der Waals surface area (Å²) in [6.07, 6.45) is 3.27. The Hall–Kier alpha value is -3.24. The summed E-state index contributed by atoms with van der Waals surface area (Å²) in [7, 11) is 0. The molecule has 3 amide bonds. The molecule has 0 saturated heterocycles. The summed E-state index contributed by atoms with van der Waals surface area (Å²) in [4.78, 5) is 42.3. The Balaban J connectivity index is 1.43. The molecule has 1 aliphatic rings. The normalized spacial score (nSPS) is 13.8. The van der Waals surface area contributed by atoms with Crippen molar-refractivity contribution in [2.24, 2.45) is 0 Å². The van der Waals surface area contributed by atoms with E-state index in [1.165, 1.54) is 16.9 Å². The highest BCUT2D eigenvalue weighted by Gasteiger charge is 2.52. The number of nitrogens with one attached hydrogen (secondary N) is 3. The van der Waals surface area contributed by atoms with Gasteiger partial charge in [-0.05, 0) is 65.0 Å². The second kappa shape index (κ2) is 9.32. The molecular weight excluding hydrogens is 512 g/mol. The smallest absolute Gasteiger partial charge is 0.270 e. The molecule has 0 unspecified atom stereocenters. The summed E-state index contributed by atoms with van der Waals surface area (Å²) in [5, 5.41) is 7.30. The summed E-state index contributed by atoms with van der Waals surface area (Å²) >= 11 is 9.46. The van der Waals surface area contributed by atoms with Gasteiger partial charge >= 0.3 is 0 Å². The lowest BCUT2D eigenvalue weighted by Gasteiger charge is -2.18. The van der Waals surface area contributed by atoms with E-state index >= 15 is 0 Å². The Bertz CT molecular complexity index is 1220. The number of nitrogens with zero attached hydrogens (tertiary/aromatic N) is 3. The summed E-state index contributed by atoms with van der Waals surface area (Å²) in [5.74, 6) is -1.19. The van der Waals surface area contributed by atoms with Crippen LogP contribution < -0.4 is 16.2 Å². The van der Waals surface area contributed by atoms with Crippen LogP contribution in [0.5, 0.6) is 0 Å². The van der Waals surface area contributed by atoms with Gasteiger partial charge in [0.1, 0.15) is 15.8 Å². The molecule has 0 spiro atoms. The van der Waals surface area contributed by atoms with Crippen molar-refractivity contribution in [2.75, 3.05) is 0 Å². The molecule has 2 aromatic heterocycles. The monoisotopic (exact) mass is 530 g/mol. The zero-order chi connectivity index (χ0) is 23.6. The third kappa shape index (κ3) is 4.91. The number of pyridine rings is 1. The minimum atomic E-state index is -1.12. The summed E-state index contributed by atoms with van der Waals surface area (Å²) in [6, 6.07) is 11.9. The van der Waals surface area contributed by atoms with Crippen molar-refractivity contribution in [2.45, 2.75) is 31.7 Å². The first kappa shape index (κ1) is 22.9. The Kier molecular flexibility index (Phi) is 6.48. The van der Waals surface area contributed by atoms with Crippen molar-refractivity contribution >= 4 is 45.3 Å². The van der Waals surface area contributed by atoms with E-state index in [1.54, 1.807) is 24.3 Å². The number of rotatable bonds is 6. The van der Waals surface area contributed by atoms with Gasteiger partial charge in [-0.15, -0.1) is 0 Å². The van der Waals surface area contributed by atoms with Crippen molar-refractivity contribution in [3.8, 4) is 5.82 Å². The van der Waals surface area contributed by atoms with E-state index < -0.39 is 23.3 Å². The predicted molar refractivity (Wildman–Crippen MR) is 125 cm³/mol. The Morgan fingerprint density at radius 3 is 2.48 bits per heavy atom. The first-order valence-electron chi connectivity index (χ1n) is 10.2. The van der Waals surface area contributed by atoms with Crippen LogP contribution in [0.2, 0.25) is 5.02 Å². The van der Waals surface area contributed by atoms with Gasteiger partial charge in [0.05, 0.1) is 5.02 Å². The minimum absolute atomic E-state index is 0.154. The third-order valence-corrected chi connectivity index (χ3v) is 5.99. The molecule has 1 fully saturated rings. The van der Waals surface area contributed by atoms with E-state index in [0.29, 0.717) is 28.0 Å². The number of hydrazine groups is 1. The van der Waals surface area contributed by atoms with Crippen molar-refractivity contribution in [3.63, 3.8) is 0 Å². The van der Waals surface area contributed by atoms with Crippen LogP contribution in [0.1, 0.15) is 46.2 Å². The summed E-state index contributed by atoms with van der Waals surface area (Å²) < 4.78 is 1.71. The Morgan fingerprint density at radius 2 is 1.85 bits per heavy atom. The summed E-state index contributed by atoms with van der Waals surface area (Å²) in [6.45, 7) is 2.02. The van der Waals surface area contributed by atoms with Crippen LogP contribution in [0.3, 0.4) is 0 Å². The molecule has 33 heavy (non-hydrogen) atoms. The molecule has 0 radical (unpaired) electrons. The van der Waals surface area contributed by atoms with Crippen LogP contribution in [0.4, 0.5) is 0 Å². The molecular formula is C22H20BrClN6O3. The quantitative estimate of drug-likeness (QED) is 0.423. The Morgan fingerprint density at radius 1 is 1.12 bits per heavy atom. The lowest BCUT2D eigenvalue weighted by Crippen LogP contribution is -2.54. The highest BCUT2D eigenvalue weighted by molar-refractivity contribution is 9.10. The SMILES string of the molecule is CCc1ccc(C(=O)NNC(=O)C2(NC(=O)c3cc(Br)nn3-c3ncccc3Cl)CC2)cc1. The van der Waals surface area contributed by atoms with Gasteiger partial charge in [0, 0.05) is 17.8 Å². The van der Waals surface area contributed by atoms with E-state index in [1.807, 2.05) is 19.1 Å². The van der Waals surface area contributed by atoms with Crippen LogP contribution in [0, 0.1) is 0 Å². The van der Waals surface area contributed by atoms with Crippen molar-refractivity contribution in [1.82, 2.24) is 30.9 Å². The largest absolute Gasteiger partial charge is 0.336 e. The predicted octanol–water partition coefficient (Wildman–Crippen LogP) is 2.97. The average Bonchev–Trinajstić information content (AvgIpc) is 3.50. The van der Waals surface area contributed by atoms with Gasteiger partial charge in [0.15, 0.2) is 5.82 Å². The van der Waals surface area contributed by atoms with Crippen LogP contribution in [0.25, 0.3) is 5.82 Å². The molecule has 170 valence electrons. The number of aryl methyl sites for hydroxylation is 1. The molecule has 4 rings (SSSR count). The number of hydrogen-bond acceptors (Lipinski definition) is 5. The second-order valence-corrected chi connectivity index (χ2v) is 8.79. The van der Waals surface area contributed by atoms with E-state index in [-0.39, 0.29) is 11.5 Å². The first-order chi connectivity index (χ1) is 15.8. The number of hydrogen-bond donors (Lipinski definition) is 3. The van der Waals surface area contributed by atoms with E-state index in [2.05, 4.69) is 42.2 Å². The number of benzene rings is 1. The maximum absolute atomic E-state index is 13.0. The average molecular weight is 532 g/mol. The van der Waals surface area contributed by atoms with Crippen LogP contribution in [-0.4, -0.2) is 38.0 Å². The zero-order valence-electron chi connectivity index (χ0n) is 17.6. The highest BCUT2D eigenvalue weighted by atomic mass is 79.9. The number of amides is 3. The van der Waals surface area contributed by atoms with Gasteiger partial charge in [0.2, 0.25) is 0 Å². The molecule has 2 heterocycles. The van der Waals surface area contributed by atoms with Gasteiger partial charge in [0.25, 0.3) is 17.7 Å². The van der Waals surface area contributed by atoms with E-state index in [0.717, 1.165) is 12.0 Å². The number of halogens is 2. The standard InChI is InChI=1S/C22H20BrClN6O3/c1-2-13-5-7-14(8-6-13)19(31)27-28-21(33)22(9-10-22)26-20(32)16-12-17(23)29-30(16)18-15(24)4-3-11-25-18/h3-8,11-12H,2,9-10H2,1H3,(H,26,32)(H,27,31)(H,28,33). The zero-order valence-corrected chi connectivity index (χ0v) is 19.9. The van der Waals surface area contributed by atoms with Crippen molar-refractivity contribution < 1.29 is 14.4 Å². The molecule has 0 atom stereocenters.